The predicted molar refractivity (Wildman–Crippen MR) is 124 cm³/mol. The summed E-state index contributed by atoms with van der Waals surface area (Å²) in [6, 6.07) is 13.2. The van der Waals surface area contributed by atoms with Crippen molar-refractivity contribution in [1.29, 1.82) is 5.41 Å². The molecule has 8 heteroatoms. The monoisotopic (exact) mass is 469 g/mol. The smallest absolute Gasteiger partial charge is 0.185 e. The van der Waals surface area contributed by atoms with Crippen LogP contribution in [0.4, 0.5) is 17.2 Å². The average molecular weight is 470 g/mol. The van der Waals surface area contributed by atoms with Crippen molar-refractivity contribution in [3.05, 3.63) is 58.7 Å². The van der Waals surface area contributed by atoms with E-state index >= 15 is 0 Å². The van der Waals surface area contributed by atoms with Crippen molar-refractivity contribution < 1.29 is 4.79 Å². The number of fused-ring (bicyclic) bond motifs is 1. The second-order valence-corrected chi connectivity index (χ2v) is 8.58. The molecule has 0 saturated heterocycles. The zero-order chi connectivity index (χ0) is 20.8. The molecule has 1 aromatic heterocycles. The highest BCUT2D eigenvalue weighted by atomic mass is 79.9. The molecule has 0 aliphatic heterocycles. The van der Waals surface area contributed by atoms with Gasteiger partial charge in [0.25, 0.3) is 0 Å². The van der Waals surface area contributed by atoms with Crippen LogP contribution in [0, 0.1) is 5.41 Å². The highest BCUT2D eigenvalue weighted by Crippen LogP contribution is 2.33. The number of nitrogens with zero attached hydrogens (tertiary/aromatic N) is 3. The van der Waals surface area contributed by atoms with Gasteiger partial charge in [-0.1, -0.05) is 45.9 Å². The van der Waals surface area contributed by atoms with E-state index in [1.54, 1.807) is 13.1 Å². The number of nitrogens with two attached hydrogens (primary N) is 1. The molecular formula is C21H20BrN5OS. The summed E-state index contributed by atoms with van der Waals surface area (Å²) in [5, 5.41) is 18.7. The fourth-order valence-electron chi connectivity index (χ4n) is 2.74. The number of thioether (sulfide) groups is 1. The minimum absolute atomic E-state index is 0.112. The van der Waals surface area contributed by atoms with Crippen LogP contribution in [-0.4, -0.2) is 21.6 Å². The Hall–Kier alpha value is -2.58. The molecule has 0 atom stereocenters. The fourth-order valence-corrected chi connectivity index (χ4v) is 3.67. The second kappa shape index (κ2) is 9.76. The zero-order valence-corrected chi connectivity index (χ0v) is 18.3. The lowest BCUT2D eigenvalue weighted by Crippen LogP contribution is -1.99. The van der Waals surface area contributed by atoms with E-state index in [0.717, 1.165) is 33.0 Å². The van der Waals surface area contributed by atoms with E-state index in [2.05, 4.69) is 31.1 Å². The molecule has 0 spiro atoms. The Labute approximate surface area is 181 Å². The Balaban J connectivity index is 1.72. The van der Waals surface area contributed by atoms with Crippen LogP contribution >= 0.6 is 27.7 Å². The van der Waals surface area contributed by atoms with Crippen LogP contribution < -0.4 is 5.73 Å². The number of halogens is 1. The van der Waals surface area contributed by atoms with Gasteiger partial charge < -0.3 is 11.1 Å². The molecular weight excluding hydrogens is 450 g/mol. The van der Waals surface area contributed by atoms with E-state index in [4.69, 9.17) is 11.1 Å². The van der Waals surface area contributed by atoms with Crippen LogP contribution in [0.1, 0.15) is 25.3 Å². The van der Waals surface area contributed by atoms with Gasteiger partial charge in [0, 0.05) is 39.8 Å². The normalized spacial score (nSPS) is 11.2. The van der Waals surface area contributed by atoms with Gasteiger partial charge in [0.05, 0.1) is 5.69 Å². The first kappa shape index (κ1) is 21.1. The predicted octanol–water partition coefficient (Wildman–Crippen LogP) is 6.42. The van der Waals surface area contributed by atoms with Crippen molar-refractivity contribution in [3.63, 3.8) is 0 Å². The van der Waals surface area contributed by atoms with Crippen LogP contribution in [0.2, 0.25) is 0 Å². The van der Waals surface area contributed by atoms with Crippen LogP contribution in [0.15, 0.2) is 63.4 Å². The summed E-state index contributed by atoms with van der Waals surface area (Å²) < 4.78 is 0.927. The first-order valence-corrected chi connectivity index (χ1v) is 10.8. The van der Waals surface area contributed by atoms with Crippen LogP contribution in [0.5, 0.6) is 0 Å². The Morgan fingerprint density at radius 1 is 1.21 bits per heavy atom. The van der Waals surface area contributed by atoms with Gasteiger partial charge in [-0.15, -0.1) is 5.11 Å². The van der Waals surface area contributed by atoms with Gasteiger partial charge in [0.2, 0.25) is 0 Å². The van der Waals surface area contributed by atoms with Crippen molar-refractivity contribution in [2.75, 3.05) is 11.5 Å². The highest BCUT2D eigenvalue weighted by molar-refractivity contribution is 9.10. The van der Waals surface area contributed by atoms with E-state index in [-0.39, 0.29) is 5.12 Å². The van der Waals surface area contributed by atoms with Crippen LogP contribution in [0.25, 0.3) is 10.8 Å². The number of rotatable bonds is 7. The molecule has 148 valence electrons. The van der Waals surface area contributed by atoms with Crippen molar-refractivity contribution in [1.82, 2.24) is 4.98 Å². The topological polar surface area (TPSA) is 105 Å². The molecule has 0 fully saturated rings. The number of azo groups is 1. The third kappa shape index (κ3) is 5.71. The van der Waals surface area contributed by atoms with E-state index in [1.165, 1.54) is 11.8 Å². The Morgan fingerprint density at radius 3 is 2.69 bits per heavy atom. The van der Waals surface area contributed by atoms with Crippen molar-refractivity contribution in [2.45, 2.75) is 19.8 Å². The van der Waals surface area contributed by atoms with Gasteiger partial charge in [0.1, 0.15) is 5.69 Å². The summed E-state index contributed by atoms with van der Waals surface area (Å²) >= 11 is 4.76. The van der Waals surface area contributed by atoms with Gasteiger partial charge >= 0.3 is 0 Å². The summed E-state index contributed by atoms with van der Waals surface area (Å²) in [5.74, 6) is 1.06. The maximum Gasteiger partial charge on any atom is 0.185 e. The molecule has 0 bridgehead atoms. The SMILES string of the molecule is CC(=O)SCCCC(=N)c1ccc(N=Nc2c(N)ncc3ccc(Br)cc23)cc1. The Morgan fingerprint density at radius 2 is 1.97 bits per heavy atom. The summed E-state index contributed by atoms with van der Waals surface area (Å²) in [4.78, 5) is 15.1. The summed E-state index contributed by atoms with van der Waals surface area (Å²) in [6.07, 6.45) is 3.15. The third-order valence-electron chi connectivity index (χ3n) is 4.21. The molecule has 29 heavy (non-hydrogen) atoms. The van der Waals surface area contributed by atoms with E-state index in [1.807, 2.05) is 42.5 Å². The number of pyridine rings is 1. The first-order chi connectivity index (χ1) is 13.9. The molecule has 2 aromatic carbocycles. The molecule has 3 N–H and O–H groups in total. The molecule has 6 nitrogen and oxygen atoms in total. The molecule has 0 saturated carbocycles. The number of aromatic nitrogens is 1. The summed E-state index contributed by atoms with van der Waals surface area (Å²) in [7, 11) is 0. The average Bonchev–Trinajstić information content (AvgIpc) is 2.70. The molecule has 0 amide bonds. The number of carbonyl (C=O) groups is 1. The summed E-state index contributed by atoms with van der Waals surface area (Å²) in [5.41, 5.74) is 8.59. The number of nitrogens with one attached hydrogen (secondary N) is 1. The van der Waals surface area contributed by atoms with Gasteiger partial charge in [-0.25, -0.2) is 4.98 Å². The Kier molecular flexibility index (Phi) is 7.11. The maximum atomic E-state index is 10.9. The van der Waals surface area contributed by atoms with Crippen LogP contribution in [-0.2, 0) is 4.79 Å². The number of carbonyl (C=O) groups excluding carboxylic acids is 1. The lowest BCUT2D eigenvalue weighted by molar-refractivity contribution is -0.109. The minimum atomic E-state index is 0.112. The minimum Gasteiger partial charge on any atom is -0.382 e. The number of nitrogen functional groups attached to an aromatic ring is 1. The van der Waals surface area contributed by atoms with E-state index in [9.17, 15) is 4.79 Å². The van der Waals surface area contributed by atoms with Crippen LogP contribution in [0.3, 0.4) is 0 Å². The quantitative estimate of drug-likeness (QED) is 0.236. The number of anilines is 1. The van der Waals surface area contributed by atoms with Crippen molar-refractivity contribution in [3.8, 4) is 0 Å². The molecule has 1 heterocycles. The molecule has 3 rings (SSSR count). The largest absolute Gasteiger partial charge is 0.382 e. The van der Waals surface area contributed by atoms with Crippen molar-refractivity contribution >= 4 is 66.5 Å². The zero-order valence-electron chi connectivity index (χ0n) is 15.9. The third-order valence-corrected chi connectivity index (χ3v) is 5.61. The maximum absolute atomic E-state index is 10.9. The second-order valence-electron chi connectivity index (χ2n) is 6.39. The standard InChI is InChI=1S/C21H20BrN5OS/c1-13(28)29-10-2-3-19(23)14-5-8-17(9-6-14)26-27-20-18-11-16(22)7-4-15(18)12-25-21(20)24/h4-9,11-12,23H,2-3,10H2,1H3,(H2,24,25). The van der Waals surface area contributed by atoms with Gasteiger partial charge in [-0.2, -0.15) is 5.11 Å². The van der Waals surface area contributed by atoms with E-state index in [0.29, 0.717) is 29.3 Å². The lowest BCUT2D eigenvalue weighted by atomic mass is 10.1. The number of hydrogen-bond donors (Lipinski definition) is 2. The van der Waals surface area contributed by atoms with E-state index < -0.39 is 0 Å². The highest BCUT2D eigenvalue weighted by Gasteiger charge is 2.07. The number of hydrogen-bond acceptors (Lipinski definition) is 7. The molecule has 0 aliphatic carbocycles. The van der Waals surface area contributed by atoms with Gasteiger partial charge in [-0.05, 0) is 42.7 Å². The molecule has 0 radical (unpaired) electrons. The van der Waals surface area contributed by atoms with Crippen molar-refractivity contribution in [2.24, 2.45) is 10.2 Å². The lowest BCUT2D eigenvalue weighted by Gasteiger charge is -2.05. The molecule has 3 aromatic rings. The van der Waals surface area contributed by atoms with Gasteiger partial charge in [0.15, 0.2) is 10.9 Å². The molecule has 0 aliphatic rings. The van der Waals surface area contributed by atoms with Gasteiger partial charge in [-0.3, -0.25) is 4.79 Å². The fraction of sp³-hybridized carbons (Fsp3) is 0.190. The summed E-state index contributed by atoms with van der Waals surface area (Å²) in [6.45, 7) is 1.56. The first-order valence-electron chi connectivity index (χ1n) is 9.01. The molecule has 0 unspecified atom stereocenters. The number of benzene rings is 2. The Bertz CT molecular complexity index is 1080.